The Kier molecular flexibility index (Phi) is 3.93. The van der Waals surface area contributed by atoms with E-state index < -0.39 is 0 Å². The van der Waals surface area contributed by atoms with E-state index in [0.29, 0.717) is 0 Å². The second-order valence-corrected chi connectivity index (χ2v) is 5.24. The molecule has 0 fully saturated rings. The van der Waals surface area contributed by atoms with Crippen LogP contribution in [-0.4, -0.2) is 15.0 Å². The smallest absolute Gasteiger partial charge is 0.194 e. The van der Waals surface area contributed by atoms with Gasteiger partial charge in [0, 0.05) is 23.6 Å². The second kappa shape index (κ2) is 5.46. The van der Waals surface area contributed by atoms with Gasteiger partial charge in [-0.05, 0) is 56.3 Å². The molecule has 0 bridgehead atoms. The van der Waals surface area contributed by atoms with Crippen LogP contribution in [0.1, 0.15) is 29.9 Å². The molecule has 2 heterocycles. The van der Waals surface area contributed by atoms with Crippen molar-refractivity contribution >= 4 is 11.8 Å². The van der Waals surface area contributed by atoms with Crippen LogP contribution in [0.15, 0.2) is 34.6 Å². The van der Waals surface area contributed by atoms with Crippen LogP contribution in [0.3, 0.4) is 0 Å². The number of rotatable bonds is 3. The van der Waals surface area contributed by atoms with Crippen molar-refractivity contribution in [3.8, 4) is 0 Å². The van der Waals surface area contributed by atoms with Crippen molar-refractivity contribution < 1.29 is 0 Å². The SMILES string of the molecule is Cc1cc(C)nc(Sc2cc(C(C)N)ccn2)n1. The van der Waals surface area contributed by atoms with Crippen molar-refractivity contribution in [2.75, 3.05) is 0 Å². The van der Waals surface area contributed by atoms with Crippen molar-refractivity contribution in [2.45, 2.75) is 37.0 Å². The summed E-state index contributed by atoms with van der Waals surface area (Å²) in [4.78, 5) is 13.1. The zero-order valence-corrected chi connectivity index (χ0v) is 11.5. The molecule has 0 spiro atoms. The number of hydrogen-bond acceptors (Lipinski definition) is 5. The Labute approximate surface area is 111 Å². The molecule has 18 heavy (non-hydrogen) atoms. The molecule has 5 heteroatoms. The van der Waals surface area contributed by atoms with Crippen LogP contribution in [0.25, 0.3) is 0 Å². The zero-order valence-electron chi connectivity index (χ0n) is 10.7. The van der Waals surface area contributed by atoms with E-state index in [9.17, 15) is 0 Å². The van der Waals surface area contributed by atoms with Crippen LogP contribution >= 0.6 is 11.8 Å². The fourth-order valence-electron chi connectivity index (χ4n) is 1.60. The molecular formula is C13H16N4S. The highest BCUT2D eigenvalue weighted by molar-refractivity contribution is 7.99. The first-order valence-electron chi connectivity index (χ1n) is 5.76. The summed E-state index contributed by atoms with van der Waals surface area (Å²) in [6, 6.07) is 5.87. The van der Waals surface area contributed by atoms with Gasteiger partial charge in [-0.1, -0.05) is 0 Å². The van der Waals surface area contributed by atoms with Gasteiger partial charge in [0.05, 0.1) is 0 Å². The van der Waals surface area contributed by atoms with Crippen molar-refractivity contribution in [2.24, 2.45) is 5.73 Å². The van der Waals surface area contributed by atoms with Gasteiger partial charge < -0.3 is 5.73 Å². The maximum absolute atomic E-state index is 5.86. The molecule has 0 saturated heterocycles. The lowest BCUT2D eigenvalue weighted by atomic mass is 10.1. The maximum Gasteiger partial charge on any atom is 0.194 e. The molecule has 0 amide bonds. The normalized spacial score (nSPS) is 12.4. The number of pyridine rings is 1. The van der Waals surface area contributed by atoms with Crippen molar-refractivity contribution in [3.05, 3.63) is 41.3 Å². The molecule has 2 aromatic rings. The molecule has 2 aromatic heterocycles. The van der Waals surface area contributed by atoms with Gasteiger partial charge in [0.2, 0.25) is 0 Å². The van der Waals surface area contributed by atoms with E-state index in [1.165, 1.54) is 11.8 Å². The van der Waals surface area contributed by atoms with Crippen molar-refractivity contribution in [1.29, 1.82) is 0 Å². The Balaban J connectivity index is 2.25. The highest BCUT2D eigenvalue weighted by atomic mass is 32.2. The summed E-state index contributed by atoms with van der Waals surface area (Å²) >= 11 is 1.46. The Morgan fingerprint density at radius 2 is 1.83 bits per heavy atom. The van der Waals surface area contributed by atoms with Crippen LogP contribution in [0.2, 0.25) is 0 Å². The standard InChI is InChI=1S/C13H16N4S/c1-8-6-9(2)17-13(16-8)18-12-7-11(10(3)14)4-5-15-12/h4-7,10H,14H2,1-3H3. The minimum atomic E-state index is 0.00696. The molecule has 4 nitrogen and oxygen atoms in total. The topological polar surface area (TPSA) is 64.7 Å². The van der Waals surface area contributed by atoms with Gasteiger partial charge in [0.15, 0.2) is 5.16 Å². The van der Waals surface area contributed by atoms with Crippen LogP contribution < -0.4 is 5.73 Å². The van der Waals surface area contributed by atoms with Gasteiger partial charge in [0.1, 0.15) is 5.03 Å². The highest BCUT2D eigenvalue weighted by Crippen LogP contribution is 2.24. The fraction of sp³-hybridized carbons (Fsp3) is 0.308. The average molecular weight is 260 g/mol. The average Bonchev–Trinajstić information content (AvgIpc) is 2.27. The van der Waals surface area contributed by atoms with E-state index in [1.54, 1.807) is 6.20 Å². The van der Waals surface area contributed by atoms with Gasteiger partial charge >= 0.3 is 0 Å². The van der Waals surface area contributed by atoms with E-state index in [4.69, 9.17) is 5.73 Å². The van der Waals surface area contributed by atoms with E-state index >= 15 is 0 Å². The van der Waals surface area contributed by atoms with Crippen molar-refractivity contribution in [3.63, 3.8) is 0 Å². The Bertz CT molecular complexity index is 534. The third-order valence-electron chi connectivity index (χ3n) is 2.44. The molecule has 0 radical (unpaired) electrons. The summed E-state index contributed by atoms with van der Waals surface area (Å²) in [5, 5.41) is 1.59. The molecule has 1 unspecified atom stereocenters. The molecule has 2 N–H and O–H groups in total. The van der Waals surface area contributed by atoms with Crippen LogP contribution in [0, 0.1) is 13.8 Å². The molecule has 0 aromatic carbocycles. The largest absolute Gasteiger partial charge is 0.324 e. The fourth-order valence-corrected chi connectivity index (χ4v) is 2.47. The first-order chi connectivity index (χ1) is 8.54. The van der Waals surface area contributed by atoms with Crippen molar-refractivity contribution in [1.82, 2.24) is 15.0 Å². The minimum absolute atomic E-state index is 0.00696. The van der Waals surface area contributed by atoms with Gasteiger partial charge in [-0.15, -0.1) is 0 Å². The Morgan fingerprint density at radius 3 is 2.44 bits per heavy atom. The lowest BCUT2D eigenvalue weighted by Gasteiger charge is -2.07. The quantitative estimate of drug-likeness (QED) is 0.859. The predicted octanol–water partition coefficient (Wildman–Crippen LogP) is 2.66. The minimum Gasteiger partial charge on any atom is -0.324 e. The molecule has 0 aliphatic heterocycles. The van der Waals surface area contributed by atoms with E-state index in [2.05, 4.69) is 15.0 Å². The van der Waals surface area contributed by atoms with Crippen LogP contribution in [0.4, 0.5) is 0 Å². The van der Waals surface area contributed by atoms with Gasteiger partial charge in [-0.3, -0.25) is 0 Å². The molecule has 0 saturated carbocycles. The summed E-state index contributed by atoms with van der Waals surface area (Å²) in [7, 11) is 0. The lowest BCUT2D eigenvalue weighted by molar-refractivity contribution is 0.807. The third kappa shape index (κ3) is 3.27. The summed E-state index contributed by atoms with van der Waals surface area (Å²) in [5.74, 6) is 0. The highest BCUT2D eigenvalue weighted by Gasteiger charge is 2.06. The predicted molar refractivity (Wildman–Crippen MR) is 72.5 cm³/mol. The number of hydrogen-bond donors (Lipinski definition) is 1. The van der Waals surface area contributed by atoms with Crippen LogP contribution in [-0.2, 0) is 0 Å². The number of nitrogens with two attached hydrogens (primary N) is 1. The lowest BCUT2D eigenvalue weighted by Crippen LogP contribution is -2.05. The van der Waals surface area contributed by atoms with E-state index in [0.717, 1.165) is 27.1 Å². The maximum atomic E-state index is 5.86. The van der Waals surface area contributed by atoms with Gasteiger partial charge in [0.25, 0.3) is 0 Å². The Morgan fingerprint density at radius 1 is 1.17 bits per heavy atom. The molecule has 1 atom stereocenters. The number of aryl methyl sites for hydroxylation is 2. The summed E-state index contributed by atoms with van der Waals surface area (Å²) in [6.07, 6.45) is 1.77. The molecule has 0 aliphatic rings. The third-order valence-corrected chi connectivity index (χ3v) is 3.24. The monoisotopic (exact) mass is 260 g/mol. The first kappa shape index (κ1) is 13.0. The first-order valence-corrected chi connectivity index (χ1v) is 6.58. The summed E-state index contributed by atoms with van der Waals surface area (Å²) < 4.78 is 0. The summed E-state index contributed by atoms with van der Waals surface area (Å²) in [6.45, 7) is 5.88. The molecular weight excluding hydrogens is 244 g/mol. The summed E-state index contributed by atoms with van der Waals surface area (Å²) in [5.41, 5.74) is 8.85. The van der Waals surface area contributed by atoms with E-state index in [1.807, 2.05) is 39.0 Å². The Hall–Kier alpha value is -1.46. The second-order valence-electron chi connectivity index (χ2n) is 4.25. The molecule has 2 rings (SSSR count). The molecule has 0 aliphatic carbocycles. The number of aromatic nitrogens is 3. The number of nitrogens with zero attached hydrogens (tertiary/aromatic N) is 3. The van der Waals surface area contributed by atoms with Crippen LogP contribution in [0.5, 0.6) is 0 Å². The van der Waals surface area contributed by atoms with Gasteiger partial charge in [-0.2, -0.15) is 0 Å². The molecule has 94 valence electrons. The van der Waals surface area contributed by atoms with Gasteiger partial charge in [-0.25, -0.2) is 15.0 Å². The zero-order chi connectivity index (χ0) is 13.1. The van der Waals surface area contributed by atoms with E-state index in [-0.39, 0.29) is 6.04 Å².